The van der Waals surface area contributed by atoms with Gasteiger partial charge in [-0.3, -0.25) is 9.63 Å². The van der Waals surface area contributed by atoms with Gasteiger partial charge in [0.2, 0.25) is 5.91 Å². The van der Waals surface area contributed by atoms with Crippen LogP contribution in [0.1, 0.15) is 45.2 Å². The molecule has 0 spiro atoms. The molecule has 9 nitrogen and oxygen atoms in total. The van der Waals surface area contributed by atoms with Crippen LogP contribution in [0.4, 0.5) is 5.82 Å². The summed E-state index contributed by atoms with van der Waals surface area (Å²) in [5.74, 6) is -0.232. The third kappa shape index (κ3) is 6.13. The number of imidazole rings is 1. The van der Waals surface area contributed by atoms with E-state index in [2.05, 4.69) is 89.7 Å². The van der Waals surface area contributed by atoms with Crippen LogP contribution in [0.3, 0.4) is 0 Å². The number of benzene rings is 3. The van der Waals surface area contributed by atoms with E-state index in [1.165, 1.54) is 16.7 Å². The summed E-state index contributed by atoms with van der Waals surface area (Å²) in [5, 5.41) is 2.23. The van der Waals surface area contributed by atoms with Crippen molar-refractivity contribution < 1.29 is 14.1 Å². The smallest absolute Gasteiger partial charge is 0.261 e. The van der Waals surface area contributed by atoms with Crippen molar-refractivity contribution in [2.75, 3.05) is 12.3 Å². The molecule has 0 aliphatic heterocycles. The van der Waals surface area contributed by atoms with Gasteiger partial charge in [0.05, 0.1) is 12.9 Å². The van der Waals surface area contributed by atoms with Gasteiger partial charge in [-0.2, -0.15) is 0 Å². The van der Waals surface area contributed by atoms with Crippen LogP contribution in [-0.2, 0) is 20.7 Å². The quantitative estimate of drug-likeness (QED) is 0.170. The molecule has 6 rings (SSSR count). The molecule has 0 unspecified atom stereocenters. The van der Waals surface area contributed by atoms with Crippen molar-refractivity contribution in [1.29, 1.82) is 0 Å². The molecule has 1 amide bonds. The highest BCUT2D eigenvalue weighted by Crippen LogP contribution is 2.43. The van der Waals surface area contributed by atoms with E-state index >= 15 is 0 Å². The van der Waals surface area contributed by atoms with Gasteiger partial charge in [0.15, 0.2) is 11.5 Å². The maximum absolute atomic E-state index is 13.8. The minimum atomic E-state index is -2.81. The van der Waals surface area contributed by atoms with E-state index < -0.39 is 8.32 Å². The number of carbonyl (C=O) groups excluding carboxylic acids is 1. The molecule has 0 radical (unpaired) electrons. The summed E-state index contributed by atoms with van der Waals surface area (Å²) in [6, 6.07) is 30.9. The topological polar surface area (TPSA) is 117 Å². The Morgan fingerprint density at radius 3 is 2.16 bits per heavy atom. The third-order valence-corrected chi connectivity index (χ3v) is 14.0. The Bertz CT molecular complexity index is 1690. The number of nitrogen functional groups attached to an aromatic ring is 1. The number of aromatic nitrogens is 4. The zero-order valence-electron chi connectivity index (χ0n) is 26.0. The van der Waals surface area contributed by atoms with Crippen molar-refractivity contribution in [3.8, 4) is 0 Å². The van der Waals surface area contributed by atoms with Gasteiger partial charge >= 0.3 is 0 Å². The van der Waals surface area contributed by atoms with Gasteiger partial charge in [0.25, 0.3) is 8.32 Å². The van der Waals surface area contributed by atoms with Crippen LogP contribution < -0.4 is 21.6 Å². The second kappa shape index (κ2) is 12.9. The van der Waals surface area contributed by atoms with Gasteiger partial charge in [0.1, 0.15) is 11.8 Å². The van der Waals surface area contributed by atoms with Gasteiger partial charge in [-0.25, -0.2) is 20.4 Å². The van der Waals surface area contributed by atoms with Crippen LogP contribution in [0.2, 0.25) is 5.04 Å². The van der Waals surface area contributed by atoms with Crippen molar-refractivity contribution in [3.63, 3.8) is 0 Å². The van der Waals surface area contributed by atoms with Gasteiger partial charge in [-0.05, 0) is 39.7 Å². The van der Waals surface area contributed by atoms with Crippen LogP contribution in [-0.4, -0.2) is 40.4 Å². The SMILES string of the molecule is CC(C)(C)[Si](OC[C@@H]1C[C@@H](n2cnc3c(N)ncnc32)C[C@@H]1C(=O)NOCc1ccccc1)(c1ccccc1)c1ccccc1. The normalized spacial score (nSPS) is 18.7. The predicted molar refractivity (Wildman–Crippen MR) is 178 cm³/mol. The first-order valence-corrected chi connectivity index (χ1v) is 17.3. The van der Waals surface area contributed by atoms with E-state index in [0.717, 1.165) is 5.56 Å². The zero-order valence-corrected chi connectivity index (χ0v) is 27.0. The molecule has 3 atom stereocenters. The molecule has 2 heterocycles. The molecule has 1 fully saturated rings. The number of nitrogens with one attached hydrogen (secondary N) is 1. The standard InChI is InChI=1S/C35H40N6O3Si/c1-35(2,3)45(28-15-9-5-10-16-28,29-17-11-6-12-18-29)44-22-26-19-27(41-24-39-31-32(36)37-23-38-33(31)41)20-30(26)34(42)40-43-21-25-13-7-4-8-14-25/h4-18,23-24,26-27,30H,19-22H2,1-3H3,(H,40,42)(H2,36,37,38)/t26-,27+,30-/m0/s1. The van der Waals surface area contributed by atoms with Gasteiger partial charge in [-0.15, -0.1) is 0 Å². The Kier molecular flexibility index (Phi) is 8.80. The third-order valence-electron chi connectivity index (χ3n) is 8.97. The molecule has 45 heavy (non-hydrogen) atoms. The van der Waals surface area contributed by atoms with Crippen molar-refractivity contribution in [1.82, 2.24) is 25.0 Å². The number of hydroxylamine groups is 1. The van der Waals surface area contributed by atoms with Crippen LogP contribution in [0, 0.1) is 11.8 Å². The van der Waals surface area contributed by atoms with E-state index in [-0.39, 0.29) is 35.4 Å². The molecule has 3 aromatic carbocycles. The highest BCUT2D eigenvalue weighted by Gasteiger charge is 2.51. The molecule has 1 aliphatic rings. The number of carbonyl (C=O) groups is 1. The highest BCUT2D eigenvalue weighted by atomic mass is 28.4. The van der Waals surface area contributed by atoms with E-state index in [4.69, 9.17) is 15.0 Å². The van der Waals surface area contributed by atoms with Crippen LogP contribution in [0.5, 0.6) is 0 Å². The van der Waals surface area contributed by atoms with Gasteiger partial charge < -0.3 is 14.7 Å². The van der Waals surface area contributed by atoms with Crippen LogP contribution >= 0.6 is 0 Å². The number of nitrogens with zero attached hydrogens (tertiary/aromatic N) is 4. The molecule has 1 aliphatic carbocycles. The lowest BCUT2D eigenvalue weighted by atomic mass is 9.96. The summed E-state index contributed by atoms with van der Waals surface area (Å²) in [6.07, 6.45) is 4.51. The Hall–Kier alpha value is -4.38. The fraction of sp³-hybridized carbons (Fsp3) is 0.314. The fourth-order valence-corrected chi connectivity index (χ4v) is 11.4. The van der Waals surface area contributed by atoms with Gasteiger partial charge in [0, 0.05) is 18.6 Å². The minimum absolute atomic E-state index is 0.0260. The number of fused-ring (bicyclic) bond motifs is 1. The van der Waals surface area contributed by atoms with E-state index in [0.29, 0.717) is 36.4 Å². The molecule has 3 N–H and O–H groups in total. The van der Waals surface area contributed by atoms with Crippen LogP contribution in [0.15, 0.2) is 104 Å². The van der Waals surface area contributed by atoms with Crippen molar-refractivity contribution in [3.05, 3.63) is 109 Å². The number of rotatable bonds is 10. The lowest BCUT2D eigenvalue weighted by Crippen LogP contribution is -2.67. The Morgan fingerprint density at radius 1 is 0.911 bits per heavy atom. The largest absolute Gasteiger partial charge is 0.407 e. The van der Waals surface area contributed by atoms with E-state index in [9.17, 15) is 4.79 Å². The summed E-state index contributed by atoms with van der Waals surface area (Å²) in [7, 11) is -2.81. The summed E-state index contributed by atoms with van der Waals surface area (Å²) < 4.78 is 9.35. The first-order valence-electron chi connectivity index (χ1n) is 15.4. The van der Waals surface area contributed by atoms with Crippen molar-refractivity contribution in [2.45, 2.75) is 51.3 Å². The fourth-order valence-electron chi connectivity index (χ4n) is 6.80. The number of amides is 1. The lowest BCUT2D eigenvalue weighted by molar-refractivity contribution is -0.140. The molecule has 0 saturated heterocycles. The lowest BCUT2D eigenvalue weighted by Gasteiger charge is -2.43. The molecule has 10 heteroatoms. The minimum Gasteiger partial charge on any atom is -0.407 e. The Balaban J connectivity index is 1.31. The molecule has 2 aromatic heterocycles. The molecular weight excluding hydrogens is 581 g/mol. The zero-order chi connectivity index (χ0) is 31.4. The second-order valence-corrected chi connectivity index (χ2v) is 17.1. The first-order chi connectivity index (χ1) is 21.8. The summed E-state index contributed by atoms with van der Waals surface area (Å²) in [6.45, 7) is 7.50. The number of nitrogens with two attached hydrogens (primary N) is 1. The molecule has 232 valence electrons. The maximum Gasteiger partial charge on any atom is 0.261 e. The second-order valence-electron chi connectivity index (χ2n) is 12.8. The first kappa shape index (κ1) is 30.6. The number of hydrogen-bond donors (Lipinski definition) is 2. The number of anilines is 1. The molecular formula is C35H40N6O3Si. The Morgan fingerprint density at radius 2 is 1.53 bits per heavy atom. The molecule has 1 saturated carbocycles. The molecule has 5 aromatic rings. The summed E-state index contributed by atoms with van der Waals surface area (Å²) in [5.41, 5.74) is 11.1. The average molecular weight is 621 g/mol. The predicted octanol–water partition coefficient (Wildman–Crippen LogP) is 4.80. The molecule has 0 bridgehead atoms. The van der Waals surface area contributed by atoms with E-state index in [1.807, 2.05) is 47.0 Å². The monoisotopic (exact) mass is 620 g/mol. The van der Waals surface area contributed by atoms with Crippen molar-refractivity contribution in [2.24, 2.45) is 11.8 Å². The number of hydrogen-bond acceptors (Lipinski definition) is 7. The van der Waals surface area contributed by atoms with E-state index in [1.54, 1.807) is 6.33 Å². The van der Waals surface area contributed by atoms with Gasteiger partial charge in [-0.1, -0.05) is 112 Å². The maximum atomic E-state index is 13.8. The van der Waals surface area contributed by atoms with Crippen molar-refractivity contribution >= 4 is 41.6 Å². The average Bonchev–Trinajstić information content (AvgIpc) is 3.68. The summed E-state index contributed by atoms with van der Waals surface area (Å²) in [4.78, 5) is 32.6. The summed E-state index contributed by atoms with van der Waals surface area (Å²) >= 11 is 0. The Labute approximate surface area is 264 Å². The highest BCUT2D eigenvalue weighted by molar-refractivity contribution is 6.99. The van der Waals surface area contributed by atoms with Crippen LogP contribution in [0.25, 0.3) is 11.2 Å².